The van der Waals surface area contributed by atoms with Crippen LogP contribution in [-0.4, -0.2) is 49.9 Å². The van der Waals surface area contributed by atoms with Crippen LogP contribution in [0.2, 0.25) is 0 Å². The SMILES string of the molecule is CCOc1ccc(N(CC(=O)N(Cc2ccc(F)cc2)[C@H](CC)C(=O)NC(C)(C)C)S(=O)(=O)c2ccc(Br)cc2)cc1. The van der Waals surface area contributed by atoms with Crippen molar-refractivity contribution >= 4 is 43.5 Å². The zero-order valence-corrected chi connectivity index (χ0v) is 26.8. The van der Waals surface area contributed by atoms with Gasteiger partial charge in [0.15, 0.2) is 0 Å². The number of hydrogen-bond donors (Lipinski definition) is 1. The van der Waals surface area contributed by atoms with E-state index in [1.165, 1.54) is 41.3 Å². The molecule has 0 fully saturated rings. The lowest BCUT2D eigenvalue weighted by Crippen LogP contribution is -2.55. The Balaban J connectivity index is 2.07. The molecule has 1 N–H and O–H groups in total. The Morgan fingerprint density at radius 3 is 2.07 bits per heavy atom. The first-order valence-electron chi connectivity index (χ1n) is 13.6. The molecule has 11 heteroatoms. The van der Waals surface area contributed by atoms with Crippen molar-refractivity contribution in [3.63, 3.8) is 0 Å². The lowest BCUT2D eigenvalue weighted by atomic mass is 10.1. The molecular weight excluding hydrogens is 625 g/mol. The summed E-state index contributed by atoms with van der Waals surface area (Å²) in [5.41, 5.74) is 0.285. The van der Waals surface area contributed by atoms with E-state index in [9.17, 15) is 22.4 Å². The Bertz CT molecular complexity index is 1460. The summed E-state index contributed by atoms with van der Waals surface area (Å²) in [6, 6.07) is 17.2. The third kappa shape index (κ3) is 8.78. The van der Waals surface area contributed by atoms with Gasteiger partial charge in [0.05, 0.1) is 17.2 Å². The van der Waals surface area contributed by atoms with E-state index in [2.05, 4.69) is 21.2 Å². The summed E-state index contributed by atoms with van der Waals surface area (Å²) >= 11 is 3.33. The van der Waals surface area contributed by atoms with Crippen LogP contribution in [0.3, 0.4) is 0 Å². The van der Waals surface area contributed by atoms with Gasteiger partial charge in [-0.1, -0.05) is 35.0 Å². The first-order valence-corrected chi connectivity index (χ1v) is 15.9. The molecule has 0 aliphatic heterocycles. The Kier molecular flexibility index (Phi) is 11.1. The zero-order valence-electron chi connectivity index (χ0n) is 24.4. The van der Waals surface area contributed by atoms with Crippen LogP contribution in [0.5, 0.6) is 5.75 Å². The fourth-order valence-corrected chi connectivity index (χ4v) is 5.98. The monoisotopic (exact) mass is 661 g/mol. The molecule has 0 spiro atoms. The van der Waals surface area contributed by atoms with Gasteiger partial charge in [0.2, 0.25) is 11.8 Å². The van der Waals surface area contributed by atoms with Crippen LogP contribution in [0.4, 0.5) is 10.1 Å². The van der Waals surface area contributed by atoms with Crippen molar-refractivity contribution in [1.82, 2.24) is 10.2 Å². The molecule has 226 valence electrons. The molecule has 0 unspecified atom stereocenters. The number of ether oxygens (including phenoxy) is 1. The summed E-state index contributed by atoms with van der Waals surface area (Å²) < 4.78 is 48.8. The van der Waals surface area contributed by atoms with E-state index in [0.717, 1.165) is 4.31 Å². The highest BCUT2D eigenvalue weighted by molar-refractivity contribution is 9.10. The molecule has 0 aliphatic carbocycles. The lowest BCUT2D eigenvalue weighted by Gasteiger charge is -2.34. The Morgan fingerprint density at radius 2 is 1.55 bits per heavy atom. The second-order valence-corrected chi connectivity index (χ2v) is 13.5. The minimum absolute atomic E-state index is 0.00464. The summed E-state index contributed by atoms with van der Waals surface area (Å²) in [6.45, 7) is 8.96. The van der Waals surface area contributed by atoms with Gasteiger partial charge in [0.1, 0.15) is 24.2 Å². The highest BCUT2D eigenvalue weighted by Crippen LogP contribution is 2.28. The Labute approximate surface area is 256 Å². The van der Waals surface area contributed by atoms with Crippen LogP contribution >= 0.6 is 15.9 Å². The minimum Gasteiger partial charge on any atom is -0.494 e. The van der Waals surface area contributed by atoms with Gasteiger partial charge in [0.25, 0.3) is 10.0 Å². The van der Waals surface area contributed by atoms with Crippen LogP contribution in [0.25, 0.3) is 0 Å². The van der Waals surface area contributed by atoms with E-state index in [1.807, 2.05) is 27.7 Å². The molecule has 2 amide bonds. The largest absolute Gasteiger partial charge is 0.494 e. The normalized spacial score (nSPS) is 12.4. The van der Waals surface area contributed by atoms with Crippen LogP contribution in [0, 0.1) is 5.82 Å². The number of sulfonamides is 1. The van der Waals surface area contributed by atoms with Crippen molar-refractivity contribution in [3.05, 3.63) is 88.6 Å². The smallest absolute Gasteiger partial charge is 0.264 e. The molecule has 3 aromatic rings. The van der Waals surface area contributed by atoms with Gasteiger partial charge < -0.3 is 15.0 Å². The maximum atomic E-state index is 14.1. The van der Waals surface area contributed by atoms with Gasteiger partial charge in [-0.2, -0.15) is 0 Å². The third-order valence-corrected chi connectivity index (χ3v) is 8.58. The molecule has 0 saturated heterocycles. The first-order chi connectivity index (χ1) is 19.7. The highest BCUT2D eigenvalue weighted by Gasteiger charge is 2.34. The standard InChI is InChI=1S/C31H37BrFN3O5S/c1-6-28(30(38)34-31(3,4)5)35(20-22-8-12-24(33)13-9-22)29(37)21-36(25-14-16-26(17-15-25)41-7-2)42(39,40)27-18-10-23(32)11-19-27/h8-19,28H,6-7,20-21H2,1-5H3,(H,34,38)/t28-/m1/s1. The number of amides is 2. The Hall–Kier alpha value is -3.44. The number of halogens is 2. The van der Waals surface area contributed by atoms with Crippen LogP contribution in [-0.2, 0) is 26.2 Å². The second-order valence-electron chi connectivity index (χ2n) is 10.7. The number of nitrogens with one attached hydrogen (secondary N) is 1. The Morgan fingerprint density at radius 1 is 0.952 bits per heavy atom. The molecule has 1 atom stereocenters. The van der Waals surface area contributed by atoms with Crippen LogP contribution in [0.1, 0.15) is 46.6 Å². The van der Waals surface area contributed by atoms with Crippen molar-refractivity contribution in [2.24, 2.45) is 0 Å². The highest BCUT2D eigenvalue weighted by atomic mass is 79.9. The fourth-order valence-electron chi connectivity index (χ4n) is 4.30. The zero-order chi connectivity index (χ0) is 31.1. The summed E-state index contributed by atoms with van der Waals surface area (Å²) in [6.07, 6.45) is 0.275. The number of carbonyl (C=O) groups is 2. The second kappa shape index (κ2) is 14.2. The molecule has 0 aromatic heterocycles. The van der Waals surface area contributed by atoms with E-state index in [4.69, 9.17) is 4.74 Å². The van der Waals surface area contributed by atoms with Gasteiger partial charge in [-0.25, -0.2) is 12.8 Å². The van der Waals surface area contributed by atoms with Crippen molar-refractivity contribution in [1.29, 1.82) is 0 Å². The van der Waals surface area contributed by atoms with Gasteiger partial charge in [-0.3, -0.25) is 13.9 Å². The molecule has 0 saturated carbocycles. The molecule has 8 nitrogen and oxygen atoms in total. The molecule has 3 aromatic carbocycles. The van der Waals surface area contributed by atoms with Crippen molar-refractivity contribution in [2.45, 2.75) is 64.1 Å². The number of rotatable bonds is 12. The topological polar surface area (TPSA) is 96.0 Å². The molecular formula is C31H37BrFN3O5S. The average molecular weight is 663 g/mol. The maximum Gasteiger partial charge on any atom is 0.264 e. The van der Waals surface area contributed by atoms with Gasteiger partial charge in [0, 0.05) is 16.6 Å². The maximum absolute atomic E-state index is 14.1. The summed E-state index contributed by atoms with van der Waals surface area (Å²) in [5, 5.41) is 2.92. The molecule has 3 rings (SSSR count). The predicted octanol–water partition coefficient (Wildman–Crippen LogP) is 5.90. The third-order valence-electron chi connectivity index (χ3n) is 6.27. The van der Waals surface area contributed by atoms with E-state index in [0.29, 0.717) is 22.4 Å². The first kappa shape index (κ1) is 33.1. The molecule has 42 heavy (non-hydrogen) atoms. The molecule has 0 bridgehead atoms. The molecule has 0 aliphatic rings. The van der Waals surface area contributed by atoms with Crippen molar-refractivity contribution in [3.8, 4) is 5.75 Å². The molecule has 0 heterocycles. The minimum atomic E-state index is -4.21. The number of hydrogen-bond acceptors (Lipinski definition) is 5. The van der Waals surface area contributed by atoms with Gasteiger partial charge >= 0.3 is 0 Å². The average Bonchev–Trinajstić information content (AvgIpc) is 2.92. The van der Waals surface area contributed by atoms with E-state index in [-0.39, 0.29) is 29.5 Å². The van der Waals surface area contributed by atoms with Crippen molar-refractivity contribution < 1.29 is 27.1 Å². The van der Waals surface area contributed by atoms with Crippen LogP contribution in [0.15, 0.2) is 82.2 Å². The number of benzene rings is 3. The van der Waals surface area contributed by atoms with Crippen LogP contribution < -0.4 is 14.4 Å². The summed E-state index contributed by atoms with van der Waals surface area (Å²) in [4.78, 5) is 28.8. The van der Waals surface area contributed by atoms with E-state index < -0.39 is 39.9 Å². The van der Waals surface area contributed by atoms with Gasteiger partial charge in [-0.15, -0.1) is 0 Å². The van der Waals surface area contributed by atoms with Crippen molar-refractivity contribution in [2.75, 3.05) is 17.5 Å². The van der Waals surface area contributed by atoms with E-state index in [1.54, 1.807) is 43.3 Å². The molecule has 0 radical (unpaired) electrons. The summed E-state index contributed by atoms with van der Waals surface area (Å²) in [5.74, 6) is -0.846. The number of carbonyl (C=O) groups excluding carboxylic acids is 2. The number of anilines is 1. The van der Waals surface area contributed by atoms with Gasteiger partial charge in [-0.05, 0) is 100 Å². The summed E-state index contributed by atoms with van der Waals surface area (Å²) in [7, 11) is -4.21. The lowest BCUT2D eigenvalue weighted by molar-refractivity contribution is -0.141. The quantitative estimate of drug-likeness (QED) is 0.261. The fraction of sp³-hybridized carbons (Fsp3) is 0.355. The van der Waals surface area contributed by atoms with E-state index >= 15 is 0 Å². The predicted molar refractivity (Wildman–Crippen MR) is 165 cm³/mol. The number of nitrogens with zero attached hydrogens (tertiary/aromatic N) is 2.